The van der Waals surface area contributed by atoms with Crippen molar-refractivity contribution in [3.8, 4) is 11.4 Å². The van der Waals surface area contributed by atoms with Gasteiger partial charge in [0.05, 0.1) is 12.6 Å². The quantitative estimate of drug-likeness (QED) is 0.429. The summed E-state index contributed by atoms with van der Waals surface area (Å²) in [7, 11) is 0. The molecule has 1 N–H and O–H groups in total. The molecular weight excluding hydrogens is 362 g/mol. The molecule has 2 heterocycles. The van der Waals surface area contributed by atoms with Gasteiger partial charge in [-0.2, -0.15) is 4.98 Å². The molecule has 5 nitrogen and oxygen atoms in total. The Kier molecular flexibility index (Phi) is 4.64. The zero-order chi connectivity index (χ0) is 19.5. The number of furan rings is 1. The van der Waals surface area contributed by atoms with Crippen LogP contribution in [0.3, 0.4) is 0 Å². The number of hydrogen-bond acceptors (Lipinski definition) is 5. The molecule has 5 rings (SSSR count). The summed E-state index contributed by atoms with van der Waals surface area (Å²) in [5.41, 5.74) is 2.91. The molecule has 0 amide bonds. The van der Waals surface area contributed by atoms with E-state index in [0.717, 1.165) is 27.9 Å². The molecule has 5 heteroatoms. The van der Waals surface area contributed by atoms with E-state index in [-0.39, 0.29) is 6.04 Å². The molecular formula is C24H19N3O2. The molecule has 0 bridgehead atoms. The first kappa shape index (κ1) is 17.4. The SMILES string of the molecule is c1ccc(-c2noc(CN[C@H](c3ccccc3)c3cc4ccccc4o3)n2)cc1. The second-order valence-corrected chi connectivity index (χ2v) is 6.79. The predicted octanol–water partition coefficient (Wildman–Crippen LogP) is 5.36. The standard InChI is InChI=1S/C24H19N3O2/c1-3-9-17(10-4-1)23(21-15-19-13-7-8-14-20(19)28-21)25-16-22-26-24(27-29-22)18-11-5-2-6-12-18/h1-15,23,25H,16H2/t23-/m1/s1. The molecule has 0 aliphatic carbocycles. The van der Waals surface area contributed by atoms with Crippen molar-refractivity contribution in [2.75, 3.05) is 0 Å². The third-order valence-corrected chi connectivity index (χ3v) is 4.82. The minimum Gasteiger partial charge on any atom is -0.459 e. The molecule has 0 spiro atoms. The number of nitrogens with zero attached hydrogens (tertiary/aromatic N) is 2. The van der Waals surface area contributed by atoms with Crippen LogP contribution in [0, 0.1) is 0 Å². The number of aromatic nitrogens is 2. The number of rotatable bonds is 6. The van der Waals surface area contributed by atoms with E-state index in [4.69, 9.17) is 8.94 Å². The van der Waals surface area contributed by atoms with Gasteiger partial charge >= 0.3 is 0 Å². The molecule has 0 aliphatic heterocycles. The van der Waals surface area contributed by atoms with Gasteiger partial charge in [-0.05, 0) is 17.7 Å². The normalized spacial score (nSPS) is 12.3. The number of benzene rings is 3. The number of nitrogens with one attached hydrogen (secondary N) is 1. The third-order valence-electron chi connectivity index (χ3n) is 4.82. The highest BCUT2D eigenvalue weighted by atomic mass is 16.5. The summed E-state index contributed by atoms with van der Waals surface area (Å²) >= 11 is 0. The first-order valence-electron chi connectivity index (χ1n) is 9.51. The van der Waals surface area contributed by atoms with E-state index >= 15 is 0 Å². The van der Waals surface area contributed by atoms with Crippen molar-refractivity contribution in [3.05, 3.63) is 108 Å². The molecule has 1 atom stereocenters. The molecule has 0 unspecified atom stereocenters. The van der Waals surface area contributed by atoms with Gasteiger partial charge in [0.15, 0.2) is 0 Å². The Labute approximate surface area is 168 Å². The van der Waals surface area contributed by atoms with E-state index in [2.05, 4.69) is 39.7 Å². The lowest BCUT2D eigenvalue weighted by Gasteiger charge is -2.15. The molecule has 3 aromatic carbocycles. The van der Waals surface area contributed by atoms with E-state index in [9.17, 15) is 0 Å². The van der Waals surface area contributed by atoms with Gasteiger partial charge < -0.3 is 8.94 Å². The summed E-state index contributed by atoms with van der Waals surface area (Å²) in [5.74, 6) is 1.96. The minimum absolute atomic E-state index is 0.129. The van der Waals surface area contributed by atoms with E-state index in [1.165, 1.54) is 0 Å². The van der Waals surface area contributed by atoms with Gasteiger partial charge in [0.2, 0.25) is 11.7 Å². The molecule has 0 saturated heterocycles. The van der Waals surface area contributed by atoms with Crippen LogP contribution >= 0.6 is 0 Å². The fourth-order valence-electron chi connectivity index (χ4n) is 3.39. The van der Waals surface area contributed by atoms with E-state index < -0.39 is 0 Å². The highest BCUT2D eigenvalue weighted by Crippen LogP contribution is 2.28. The molecule has 2 aromatic heterocycles. The van der Waals surface area contributed by atoms with Crippen molar-refractivity contribution in [3.63, 3.8) is 0 Å². The van der Waals surface area contributed by atoms with Crippen molar-refractivity contribution in [1.29, 1.82) is 0 Å². The van der Waals surface area contributed by atoms with Gasteiger partial charge in [0, 0.05) is 10.9 Å². The van der Waals surface area contributed by atoms with Gasteiger partial charge in [-0.1, -0.05) is 84.0 Å². The van der Waals surface area contributed by atoms with Crippen molar-refractivity contribution in [1.82, 2.24) is 15.5 Å². The Morgan fingerprint density at radius 3 is 2.34 bits per heavy atom. The average Bonchev–Trinajstić information content (AvgIpc) is 3.42. The van der Waals surface area contributed by atoms with E-state index in [0.29, 0.717) is 18.3 Å². The lowest BCUT2D eigenvalue weighted by Crippen LogP contribution is -2.21. The van der Waals surface area contributed by atoms with Gasteiger partial charge in [0.25, 0.3) is 0 Å². The van der Waals surface area contributed by atoms with Gasteiger partial charge in [0.1, 0.15) is 11.3 Å². The fraction of sp³-hybridized carbons (Fsp3) is 0.0833. The average molecular weight is 381 g/mol. The fourth-order valence-corrected chi connectivity index (χ4v) is 3.39. The Bertz CT molecular complexity index is 1180. The van der Waals surface area contributed by atoms with Crippen molar-refractivity contribution in [2.24, 2.45) is 0 Å². The Morgan fingerprint density at radius 2 is 1.55 bits per heavy atom. The van der Waals surface area contributed by atoms with Crippen LogP contribution in [-0.2, 0) is 6.54 Å². The first-order chi connectivity index (χ1) is 14.4. The highest BCUT2D eigenvalue weighted by Gasteiger charge is 2.19. The summed E-state index contributed by atoms with van der Waals surface area (Å²) in [6.45, 7) is 0.427. The predicted molar refractivity (Wildman–Crippen MR) is 111 cm³/mol. The summed E-state index contributed by atoms with van der Waals surface area (Å²) in [5, 5.41) is 8.68. The van der Waals surface area contributed by atoms with E-state index in [1.807, 2.05) is 66.7 Å². The maximum atomic E-state index is 6.12. The zero-order valence-corrected chi connectivity index (χ0v) is 15.7. The third kappa shape index (κ3) is 3.68. The zero-order valence-electron chi connectivity index (χ0n) is 15.7. The lowest BCUT2D eigenvalue weighted by atomic mass is 10.0. The van der Waals surface area contributed by atoms with Crippen molar-refractivity contribution >= 4 is 11.0 Å². The first-order valence-corrected chi connectivity index (χ1v) is 9.51. The monoisotopic (exact) mass is 381 g/mol. The molecule has 0 saturated carbocycles. The molecule has 5 aromatic rings. The number of hydrogen-bond donors (Lipinski definition) is 1. The van der Waals surface area contributed by atoms with Gasteiger partial charge in [-0.3, -0.25) is 5.32 Å². The van der Waals surface area contributed by atoms with Crippen LogP contribution in [0.5, 0.6) is 0 Å². The maximum Gasteiger partial charge on any atom is 0.240 e. The van der Waals surface area contributed by atoms with E-state index in [1.54, 1.807) is 0 Å². The van der Waals surface area contributed by atoms with Crippen molar-refractivity contribution in [2.45, 2.75) is 12.6 Å². The topological polar surface area (TPSA) is 64.1 Å². The molecule has 0 aliphatic rings. The van der Waals surface area contributed by atoms with Crippen LogP contribution in [0.1, 0.15) is 23.3 Å². The van der Waals surface area contributed by atoms with Gasteiger partial charge in [-0.25, -0.2) is 0 Å². The second kappa shape index (κ2) is 7.73. The number of para-hydroxylation sites is 1. The maximum absolute atomic E-state index is 6.12. The number of fused-ring (bicyclic) bond motifs is 1. The van der Waals surface area contributed by atoms with Gasteiger partial charge in [-0.15, -0.1) is 0 Å². The summed E-state index contributed by atoms with van der Waals surface area (Å²) in [4.78, 5) is 4.51. The van der Waals surface area contributed by atoms with Crippen LogP contribution in [0.4, 0.5) is 0 Å². The second-order valence-electron chi connectivity index (χ2n) is 6.79. The molecule has 29 heavy (non-hydrogen) atoms. The van der Waals surface area contributed by atoms with Crippen LogP contribution in [0.2, 0.25) is 0 Å². The van der Waals surface area contributed by atoms with Crippen LogP contribution in [-0.4, -0.2) is 10.1 Å². The summed E-state index contributed by atoms with van der Waals surface area (Å²) in [6, 6.07) is 30.0. The Hall–Kier alpha value is -3.70. The molecule has 0 radical (unpaired) electrons. The summed E-state index contributed by atoms with van der Waals surface area (Å²) < 4.78 is 11.6. The largest absolute Gasteiger partial charge is 0.459 e. The van der Waals surface area contributed by atoms with Crippen molar-refractivity contribution < 1.29 is 8.94 Å². The minimum atomic E-state index is -0.129. The smallest absolute Gasteiger partial charge is 0.240 e. The Morgan fingerprint density at radius 1 is 0.828 bits per heavy atom. The lowest BCUT2D eigenvalue weighted by molar-refractivity contribution is 0.356. The highest BCUT2D eigenvalue weighted by molar-refractivity contribution is 5.78. The Balaban J connectivity index is 1.41. The molecule has 142 valence electrons. The molecule has 0 fully saturated rings. The summed E-state index contributed by atoms with van der Waals surface area (Å²) in [6.07, 6.45) is 0. The van der Waals surface area contributed by atoms with Crippen LogP contribution < -0.4 is 5.32 Å². The van der Waals surface area contributed by atoms with Crippen LogP contribution in [0.25, 0.3) is 22.4 Å². The van der Waals surface area contributed by atoms with Crippen LogP contribution in [0.15, 0.2) is 99.9 Å².